The molecule has 1 N–H and O–H groups in total. The zero-order valence-electron chi connectivity index (χ0n) is 13.8. The van der Waals surface area contributed by atoms with E-state index in [9.17, 15) is 0 Å². The maximum absolute atomic E-state index is 6.08. The number of pyridine rings is 1. The smallest absolute Gasteiger partial charge is 0.208 e. The third-order valence-electron chi connectivity index (χ3n) is 3.91. The lowest BCUT2D eigenvalue weighted by atomic mass is 10.3. The fourth-order valence-electron chi connectivity index (χ4n) is 2.60. The number of aryl methyl sites for hydroxylation is 1. The Labute approximate surface area is 160 Å². The van der Waals surface area contributed by atoms with Crippen molar-refractivity contribution in [3.8, 4) is 11.5 Å². The Bertz CT molecular complexity index is 1080. The molecular weight excluding hydrogens is 371 g/mol. The predicted octanol–water partition coefficient (Wildman–Crippen LogP) is 5.81. The molecule has 0 radical (unpaired) electrons. The average Bonchev–Trinajstić information content (AvgIpc) is 2.94. The molecule has 0 unspecified atom stereocenters. The Morgan fingerprint density at radius 3 is 2.50 bits per heavy atom. The van der Waals surface area contributed by atoms with Crippen molar-refractivity contribution in [2.75, 3.05) is 5.32 Å². The number of anilines is 2. The largest absolute Gasteiger partial charge is 0.457 e. The van der Waals surface area contributed by atoms with E-state index in [2.05, 4.69) is 15.3 Å². The fourth-order valence-corrected chi connectivity index (χ4v) is 2.90. The number of halogens is 2. The molecule has 0 bridgehead atoms. The first-order chi connectivity index (χ1) is 12.6. The summed E-state index contributed by atoms with van der Waals surface area (Å²) < 4.78 is 7.81. The third-order valence-corrected chi connectivity index (χ3v) is 4.65. The minimum Gasteiger partial charge on any atom is -0.457 e. The SMILES string of the molecule is Cn1c(Nc2ccc(Cl)c(Cl)c2)nc2cc(Oc3ccncc3)ccc21. The van der Waals surface area contributed by atoms with Crippen LogP contribution < -0.4 is 10.1 Å². The number of hydrogen-bond acceptors (Lipinski definition) is 4. The topological polar surface area (TPSA) is 52.0 Å². The number of imidazole rings is 1. The molecule has 2 aromatic heterocycles. The van der Waals surface area contributed by atoms with Crippen molar-refractivity contribution in [2.45, 2.75) is 0 Å². The Kier molecular flexibility index (Phi) is 4.41. The van der Waals surface area contributed by atoms with E-state index in [0.717, 1.165) is 22.5 Å². The molecule has 5 nitrogen and oxygen atoms in total. The Balaban J connectivity index is 1.64. The number of benzene rings is 2. The van der Waals surface area contributed by atoms with Gasteiger partial charge in [-0.25, -0.2) is 4.98 Å². The fraction of sp³-hybridized carbons (Fsp3) is 0.0526. The van der Waals surface area contributed by atoms with Crippen LogP contribution in [0.25, 0.3) is 11.0 Å². The first-order valence-electron chi connectivity index (χ1n) is 7.86. The van der Waals surface area contributed by atoms with Gasteiger partial charge in [-0.2, -0.15) is 0 Å². The Morgan fingerprint density at radius 2 is 1.73 bits per heavy atom. The Hall–Kier alpha value is -2.76. The number of nitrogens with zero attached hydrogens (tertiary/aromatic N) is 3. The molecular formula is C19H14Cl2N4O. The highest BCUT2D eigenvalue weighted by Gasteiger charge is 2.10. The summed E-state index contributed by atoms with van der Waals surface area (Å²) in [4.78, 5) is 8.63. The summed E-state index contributed by atoms with van der Waals surface area (Å²) in [5.74, 6) is 2.13. The van der Waals surface area contributed by atoms with E-state index in [1.54, 1.807) is 36.7 Å². The van der Waals surface area contributed by atoms with E-state index in [0.29, 0.717) is 21.7 Å². The van der Waals surface area contributed by atoms with Gasteiger partial charge >= 0.3 is 0 Å². The van der Waals surface area contributed by atoms with Gasteiger partial charge in [0.15, 0.2) is 0 Å². The number of rotatable bonds is 4. The van der Waals surface area contributed by atoms with Gasteiger partial charge in [-0.05, 0) is 42.5 Å². The maximum atomic E-state index is 6.08. The molecule has 0 aliphatic carbocycles. The third kappa shape index (κ3) is 3.31. The normalized spacial score (nSPS) is 10.9. The van der Waals surface area contributed by atoms with Crippen LogP contribution in [0.5, 0.6) is 11.5 Å². The van der Waals surface area contributed by atoms with Gasteiger partial charge in [-0.3, -0.25) is 4.98 Å². The van der Waals surface area contributed by atoms with Crippen LogP contribution in [0.4, 0.5) is 11.6 Å². The quantitative estimate of drug-likeness (QED) is 0.482. The summed E-state index contributed by atoms with van der Waals surface area (Å²) in [6, 6.07) is 14.8. The molecule has 7 heteroatoms. The van der Waals surface area contributed by atoms with Crippen LogP contribution in [0.15, 0.2) is 60.9 Å². The molecule has 26 heavy (non-hydrogen) atoms. The van der Waals surface area contributed by atoms with Crippen molar-refractivity contribution < 1.29 is 4.74 Å². The van der Waals surface area contributed by atoms with Gasteiger partial charge in [-0.1, -0.05) is 23.2 Å². The lowest BCUT2D eigenvalue weighted by Gasteiger charge is -2.07. The minimum atomic E-state index is 0.489. The molecule has 0 atom stereocenters. The van der Waals surface area contributed by atoms with Crippen LogP contribution in [-0.4, -0.2) is 14.5 Å². The molecule has 0 amide bonds. The van der Waals surface area contributed by atoms with Crippen LogP contribution in [0.2, 0.25) is 10.0 Å². The summed E-state index contributed by atoms with van der Waals surface area (Å²) in [6.07, 6.45) is 3.38. The first kappa shape index (κ1) is 16.7. The summed E-state index contributed by atoms with van der Waals surface area (Å²) in [7, 11) is 1.94. The van der Waals surface area contributed by atoms with Crippen LogP contribution in [0.1, 0.15) is 0 Å². The van der Waals surface area contributed by atoms with E-state index in [4.69, 9.17) is 27.9 Å². The highest BCUT2D eigenvalue weighted by molar-refractivity contribution is 6.42. The number of nitrogens with one attached hydrogen (secondary N) is 1. The average molecular weight is 385 g/mol. The summed E-state index contributed by atoms with van der Waals surface area (Å²) >= 11 is 12.0. The molecule has 0 aliphatic heterocycles. The molecule has 0 aliphatic rings. The predicted molar refractivity (Wildman–Crippen MR) is 105 cm³/mol. The van der Waals surface area contributed by atoms with Crippen molar-refractivity contribution in [1.82, 2.24) is 14.5 Å². The molecule has 2 aromatic carbocycles. The Morgan fingerprint density at radius 1 is 0.923 bits per heavy atom. The minimum absolute atomic E-state index is 0.489. The van der Waals surface area contributed by atoms with Gasteiger partial charge in [0.25, 0.3) is 0 Å². The second kappa shape index (κ2) is 6.86. The van der Waals surface area contributed by atoms with Gasteiger partial charge in [-0.15, -0.1) is 0 Å². The molecule has 130 valence electrons. The van der Waals surface area contributed by atoms with E-state index in [-0.39, 0.29) is 0 Å². The van der Waals surface area contributed by atoms with Crippen molar-refractivity contribution in [2.24, 2.45) is 7.05 Å². The number of fused-ring (bicyclic) bond motifs is 1. The van der Waals surface area contributed by atoms with E-state index < -0.39 is 0 Å². The standard InChI is InChI=1S/C19H14Cl2N4O/c1-25-18-5-3-14(26-13-6-8-22-9-7-13)11-17(18)24-19(25)23-12-2-4-15(20)16(21)10-12/h2-11H,1H3,(H,23,24). The molecule has 0 saturated heterocycles. The van der Waals surface area contributed by atoms with Crippen LogP contribution in [0.3, 0.4) is 0 Å². The van der Waals surface area contributed by atoms with Crippen molar-refractivity contribution in [1.29, 1.82) is 0 Å². The second-order valence-corrected chi connectivity index (χ2v) is 6.50. The summed E-state index contributed by atoms with van der Waals surface area (Å²) in [5.41, 5.74) is 2.61. The van der Waals surface area contributed by atoms with Gasteiger partial charge < -0.3 is 14.6 Å². The van der Waals surface area contributed by atoms with Gasteiger partial charge in [0.05, 0.1) is 21.1 Å². The van der Waals surface area contributed by atoms with Gasteiger partial charge in [0, 0.05) is 31.2 Å². The van der Waals surface area contributed by atoms with Crippen LogP contribution in [-0.2, 0) is 7.05 Å². The van der Waals surface area contributed by atoms with E-state index in [1.807, 2.05) is 35.9 Å². The highest BCUT2D eigenvalue weighted by atomic mass is 35.5. The zero-order chi connectivity index (χ0) is 18.1. The molecule has 0 fully saturated rings. The summed E-state index contributed by atoms with van der Waals surface area (Å²) in [5, 5.41) is 4.26. The first-order valence-corrected chi connectivity index (χ1v) is 8.62. The van der Waals surface area contributed by atoms with Crippen molar-refractivity contribution >= 4 is 45.9 Å². The number of ether oxygens (including phenoxy) is 1. The monoisotopic (exact) mass is 384 g/mol. The highest BCUT2D eigenvalue weighted by Crippen LogP contribution is 2.30. The van der Waals surface area contributed by atoms with Crippen LogP contribution >= 0.6 is 23.2 Å². The molecule has 4 rings (SSSR count). The van der Waals surface area contributed by atoms with E-state index >= 15 is 0 Å². The van der Waals surface area contributed by atoms with E-state index in [1.165, 1.54) is 0 Å². The van der Waals surface area contributed by atoms with Crippen molar-refractivity contribution in [3.05, 3.63) is 71.0 Å². The molecule has 0 spiro atoms. The van der Waals surface area contributed by atoms with Gasteiger partial charge in [0.2, 0.25) is 5.95 Å². The molecule has 4 aromatic rings. The lowest BCUT2D eigenvalue weighted by Crippen LogP contribution is -1.98. The van der Waals surface area contributed by atoms with Crippen molar-refractivity contribution in [3.63, 3.8) is 0 Å². The number of aromatic nitrogens is 3. The molecule has 2 heterocycles. The van der Waals surface area contributed by atoms with Crippen LogP contribution in [0, 0.1) is 0 Å². The number of hydrogen-bond donors (Lipinski definition) is 1. The molecule has 0 saturated carbocycles. The van der Waals surface area contributed by atoms with Gasteiger partial charge in [0.1, 0.15) is 11.5 Å². The zero-order valence-corrected chi connectivity index (χ0v) is 15.3. The second-order valence-electron chi connectivity index (χ2n) is 5.68. The maximum Gasteiger partial charge on any atom is 0.208 e. The summed E-state index contributed by atoms with van der Waals surface area (Å²) in [6.45, 7) is 0. The lowest BCUT2D eigenvalue weighted by molar-refractivity contribution is 0.482.